The summed E-state index contributed by atoms with van der Waals surface area (Å²) in [6, 6.07) is 0. The first kappa shape index (κ1) is 22.4. The second-order valence-corrected chi connectivity index (χ2v) is 7.33. The topological polar surface area (TPSA) is 111 Å². The van der Waals surface area contributed by atoms with Gasteiger partial charge in [-0.2, -0.15) is 0 Å². The van der Waals surface area contributed by atoms with Crippen molar-refractivity contribution in [2.24, 2.45) is 0 Å². The van der Waals surface area contributed by atoms with E-state index in [1.165, 1.54) is 6.20 Å². The molecule has 0 unspecified atom stereocenters. The van der Waals surface area contributed by atoms with Crippen molar-refractivity contribution in [3.63, 3.8) is 0 Å². The van der Waals surface area contributed by atoms with Gasteiger partial charge in [0.1, 0.15) is 11.2 Å². The molecule has 0 aromatic carbocycles. The summed E-state index contributed by atoms with van der Waals surface area (Å²) in [5.74, 6) is -1.12. The average Bonchev–Trinajstić information content (AvgIpc) is 2.66. The number of carbonyl (C=O) groups excluding carboxylic acids is 3. The van der Waals surface area contributed by atoms with Gasteiger partial charge < -0.3 is 24.0 Å². The summed E-state index contributed by atoms with van der Waals surface area (Å²) >= 11 is 0. The van der Waals surface area contributed by atoms with Crippen LogP contribution >= 0.6 is 0 Å². The molecule has 1 aromatic heterocycles. The van der Waals surface area contributed by atoms with E-state index in [4.69, 9.17) is 14.2 Å². The number of amides is 1. The molecule has 0 saturated carbocycles. The minimum atomic E-state index is -0.716. The molecule has 10 nitrogen and oxygen atoms in total. The Morgan fingerprint density at radius 1 is 1.00 bits per heavy atom. The van der Waals surface area contributed by atoms with Crippen molar-refractivity contribution in [1.29, 1.82) is 0 Å². The first-order chi connectivity index (χ1) is 13.7. The molecule has 1 saturated heterocycles. The summed E-state index contributed by atoms with van der Waals surface area (Å²) in [5.41, 5.74) is -0.735. The van der Waals surface area contributed by atoms with Crippen LogP contribution in [0.3, 0.4) is 0 Å². The van der Waals surface area contributed by atoms with E-state index in [1.807, 2.05) is 25.7 Å². The van der Waals surface area contributed by atoms with E-state index in [0.29, 0.717) is 26.2 Å². The number of hydrogen-bond acceptors (Lipinski definition) is 9. The Bertz CT molecular complexity index is 754. The van der Waals surface area contributed by atoms with Gasteiger partial charge in [0.05, 0.1) is 13.2 Å². The third-order valence-electron chi connectivity index (χ3n) is 3.95. The van der Waals surface area contributed by atoms with Crippen LogP contribution in [-0.2, 0) is 14.2 Å². The van der Waals surface area contributed by atoms with Gasteiger partial charge in [0.25, 0.3) is 0 Å². The molecule has 1 aliphatic rings. The van der Waals surface area contributed by atoms with Gasteiger partial charge in [-0.25, -0.2) is 24.4 Å². The Hall–Kier alpha value is -2.91. The fraction of sp³-hybridized carbons (Fsp3) is 0.632. The first-order valence-corrected chi connectivity index (χ1v) is 9.60. The van der Waals surface area contributed by atoms with Crippen molar-refractivity contribution in [3.05, 3.63) is 17.5 Å². The zero-order valence-electron chi connectivity index (χ0n) is 17.6. The number of anilines is 1. The predicted molar refractivity (Wildman–Crippen MR) is 104 cm³/mol. The number of aromatic nitrogens is 2. The van der Waals surface area contributed by atoms with Crippen molar-refractivity contribution in [3.8, 4) is 0 Å². The van der Waals surface area contributed by atoms with Crippen molar-refractivity contribution < 1.29 is 28.6 Å². The lowest BCUT2D eigenvalue weighted by Crippen LogP contribution is -2.50. The Morgan fingerprint density at radius 3 is 2.14 bits per heavy atom. The minimum Gasteiger partial charge on any atom is -0.462 e. The number of esters is 2. The molecular formula is C19H28N4O6. The van der Waals surface area contributed by atoms with Gasteiger partial charge in [0.2, 0.25) is 5.95 Å². The number of nitrogens with zero attached hydrogens (tertiary/aromatic N) is 4. The van der Waals surface area contributed by atoms with Gasteiger partial charge in [-0.3, -0.25) is 0 Å². The molecule has 10 heteroatoms. The maximum Gasteiger partial charge on any atom is 0.410 e. The van der Waals surface area contributed by atoms with Crippen LogP contribution in [0.5, 0.6) is 0 Å². The van der Waals surface area contributed by atoms with E-state index in [-0.39, 0.29) is 36.5 Å². The van der Waals surface area contributed by atoms with Crippen LogP contribution in [0.4, 0.5) is 10.7 Å². The van der Waals surface area contributed by atoms with Crippen LogP contribution in [0.1, 0.15) is 55.5 Å². The Morgan fingerprint density at radius 2 is 1.59 bits per heavy atom. The minimum absolute atomic E-state index is 0.0403. The highest BCUT2D eigenvalue weighted by molar-refractivity contribution is 6.01. The summed E-state index contributed by atoms with van der Waals surface area (Å²) < 4.78 is 15.4. The highest BCUT2D eigenvalue weighted by Gasteiger charge is 2.28. The Labute approximate surface area is 170 Å². The third kappa shape index (κ3) is 6.03. The molecule has 1 fully saturated rings. The van der Waals surface area contributed by atoms with Crippen LogP contribution in [0.15, 0.2) is 6.20 Å². The largest absolute Gasteiger partial charge is 0.462 e. The van der Waals surface area contributed by atoms with Crippen LogP contribution in [-0.4, -0.2) is 77.9 Å². The van der Waals surface area contributed by atoms with E-state index in [9.17, 15) is 14.4 Å². The molecule has 0 aliphatic carbocycles. The summed E-state index contributed by atoms with van der Waals surface area (Å²) in [6.07, 6.45) is 0.898. The SMILES string of the molecule is CCOC(=O)c1cnc(N2CCN(C(=O)OC(C)(C)C)CC2)nc1C(=O)OCC. The van der Waals surface area contributed by atoms with Crippen molar-refractivity contribution >= 4 is 24.0 Å². The lowest BCUT2D eigenvalue weighted by atomic mass is 10.2. The normalized spacial score (nSPS) is 14.4. The molecule has 0 radical (unpaired) electrons. The monoisotopic (exact) mass is 408 g/mol. The van der Waals surface area contributed by atoms with E-state index < -0.39 is 17.5 Å². The molecule has 2 rings (SSSR count). The lowest BCUT2D eigenvalue weighted by molar-refractivity contribution is 0.0239. The smallest absolute Gasteiger partial charge is 0.410 e. The zero-order valence-corrected chi connectivity index (χ0v) is 17.6. The number of rotatable bonds is 5. The van der Waals surface area contributed by atoms with Gasteiger partial charge in [-0.05, 0) is 34.6 Å². The second kappa shape index (κ2) is 9.53. The van der Waals surface area contributed by atoms with Gasteiger partial charge in [0, 0.05) is 32.4 Å². The summed E-state index contributed by atoms with van der Waals surface area (Å²) in [5, 5.41) is 0. The second-order valence-electron chi connectivity index (χ2n) is 7.33. The molecule has 0 bridgehead atoms. The Balaban J connectivity index is 2.15. The lowest BCUT2D eigenvalue weighted by Gasteiger charge is -2.35. The fourth-order valence-electron chi connectivity index (χ4n) is 2.65. The van der Waals surface area contributed by atoms with E-state index in [2.05, 4.69) is 9.97 Å². The highest BCUT2D eigenvalue weighted by Crippen LogP contribution is 2.17. The standard InChI is InChI=1S/C19H28N4O6/c1-6-27-15(24)13-12-20-17(21-14(13)16(25)28-7-2)22-8-10-23(11-9-22)18(26)29-19(3,4)5/h12H,6-11H2,1-5H3. The molecule has 29 heavy (non-hydrogen) atoms. The van der Waals surface area contributed by atoms with Crippen LogP contribution in [0.2, 0.25) is 0 Å². The zero-order chi connectivity index (χ0) is 21.6. The number of ether oxygens (including phenoxy) is 3. The van der Waals surface area contributed by atoms with Crippen LogP contribution in [0.25, 0.3) is 0 Å². The third-order valence-corrected chi connectivity index (χ3v) is 3.95. The van der Waals surface area contributed by atoms with Crippen LogP contribution < -0.4 is 4.90 Å². The van der Waals surface area contributed by atoms with Gasteiger partial charge in [-0.1, -0.05) is 0 Å². The number of hydrogen-bond donors (Lipinski definition) is 0. The van der Waals surface area contributed by atoms with E-state index in [1.54, 1.807) is 18.7 Å². The predicted octanol–water partition coefficient (Wildman–Crippen LogP) is 1.89. The number of piperazine rings is 1. The molecular weight excluding hydrogens is 380 g/mol. The molecule has 1 aliphatic heterocycles. The Kier molecular flexibility index (Phi) is 7.35. The van der Waals surface area contributed by atoms with E-state index in [0.717, 1.165) is 0 Å². The van der Waals surface area contributed by atoms with Crippen LogP contribution in [0, 0.1) is 0 Å². The van der Waals surface area contributed by atoms with Gasteiger partial charge >= 0.3 is 18.0 Å². The van der Waals surface area contributed by atoms with Gasteiger partial charge in [0.15, 0.2) is 5.69 Å². The molecule has 1 aromatic rings. The van der Waals surface area contributed by atoms with Gasteiger partial charge in [-0.15, -0.1) is 0 Å². The molecule has 160 valence electrons. The molecule has 2 heterocycles. The summed E-state index contributed by atoms with van der Waals surface area (Å²) in [7, 11) is 0. The quantitative estimate of drug-likeness (QED) is 0.532. The van der Waals surface area contributed by atoms with Crippen molar-refractivity contribution in [2.75, 3.05) is 44.3 Å². The summed E-state index contributed by atoms with van der Waals surface area (Å²) in [6.45, 7) is 10.9. The van der Waals surface area contributed by atoms with Crippen molar-refractivity contribution in [1.82, 2.24) is 14.9 Å². The molecule has 0 N–H and O–H groups in total. The number of carbonyl (C=O) groups is 3. The fourth-order valence-corrected chi connectivity index (χ4v) is 2.65. The summed E-state index contributed by atoms with van der Waals surface area (Å²) in [4.78, 5) is 48.5. The molecule has 0 spiro atoms. The van der Waals surface area contributed by atoms with E-state index >= 15 is 0 Å². The first-order valence-electron chi connectivity index (χ1n) is 9.60. The van der Waals surface area contributed by atoms with Crippen molar-refractivity contribution in [2.45, 2.75) is 40.2 Å². The average molecular weight is 408 g/mol. The maximum absolute atomic E-state index is 12.3. The maximum atomic E-state index is 12.3. The highest BCUT2D eigenvalue weighted by atomic mass is 16.6. The molecule has 1 amide bonds. The molecule has 0 atom stereocenters.